The fourth-order valence-electron chi connectivity index (χ4n) is 5.98. The normalized spacial score (nSPS) is 49.7. The smallest absolute Gasteiger partial charge is 0.309 e. The molecule has 4 bridgehead atoms. The maximum absolute atomic E-state index is 12.3. The van der Waals surface area contributed by atoms with Gasteiger partial charge in [-0.1, -0.05) is 11.6 Å². The number of carbonyl (C=O) groups excluding carboxylic acids is 1. The van der Waals surface area contributed by atoms with E-state index in [1.165, 1.54) is 12.8 Å². The quantitative estimate of drug-likeness (QED) is 0.432. The molecule has 3 fully saturated rings. The summed E-state index contributed by atoms with van der Waals surface area (Å²) in [6.45, 7) is 6.21. The first-order valence-corrected chi connectivity index (χ1v) is 7.95. The first-order valence-electron chi connectivity index (χ1n) is 7.95. The summed E-state index contributed by atoms with van der Waals surface area (Å²) in [7, 11) is 0. The largest absolute Gasteiger partial charge is 0.463 e. The van der Waals surface area contributed by atoms with Gasteiger partial charge in [-0.2, -0.15) is 0 Å². The molecular formula is C17H24O2. The summed E-state index contributed by atoms with van der Waals surface area (Å²) in [4.78, 5) is 12.3. The van der Waals surface area contributed by atoms with Crippen molar-refractivity contribution in [2.45, 2.75) is 46.1 Å². The van der Waals surface area contributed by atoms with Gasteiger partial charge in [-0.15, -0.1) is 0 Å². The molecule has 7 atom stereocenters. The molecule has 0 aromatic heterocycles. The first-order chi connectivity index (χ1) is 9.06. The Morgan fingerprint density at radius 2 is 2.05 bits per heavy atom. The molecule has 4 aliphatic rings. The van der Waals surface area contributed by atoms with E-state index in [1.807, 2.05) is 13.8 Å². The van der Waals surface area contributed by atoms with Gasteiger partial charge in [0.25, 0.3) is 0 Å². The number of fused-ring (bicyclic) bond motifs is 9. The molecule has 3 saturated carbocycles. The Morgan fingerprint density at radius 3 is 2.79 bits per heavy atom. The third-order valence-electron chi connectivity index (χ3n) is 6.33. The number of esters is 1. The zero-order valence-electron chi connectivity index (χ0n) is 12.1. The Bertz CT molecular complexity index is 450. The standard InChI is InChI=1S/C17H24O2/c1-8(2)19-17(18)14-7-11-6-13(14)16-12-5-10(15(11)16)4-9(12)3/h4,8,10-16H,5-7H2,1-3H3. The molecule has 104 valence electrons. The second kappa shape index (κ2) is 3.86. The molecule has 0 amide bonds. The highest BCUT2D eigenvalue weighted by Gasteiger charge is 2.63. The molecule has 0 radical (unpaired) electrons. The van der Waals surface area contributed by atoms with E-state index in [0.29, 0.717) is 5.92 Å². The number of allylic oxidation sites excluding steroid dienone is 2. The number of hydrogen-bond acceptors (Lipinski definition) is 2. The Kier molecular flexibility index (Phi) is 2.44. The van der Waals surface area contributed by atoms with Crippen molar-refractivity contribution in [2.75, 3.05) is 0 Å². The summed E-state index contributed by atoms with van der Waals surface area (Å²) >= 11 is 0. The molecule has 4 aliphatic carbocycles. The van der Waals surface area contributed by atoms with Crippen molar-refractivity contribution in [3.8, 4) is 0 Å². The van der Waals surface area contributed by atoms with Crippen molar-refractivity contribution >= 4 is 5.97 Å². The number of ether oxygens (including phenoxy) is 1. The second-order valence-electron chi connectivity index (χ2n) is 7.56. The van der Waals surface area contributed by atoms with E-state index in [-0.39, 0.29) is 18.0 Å². The second-order valence-corrected chi connectivity index (χ2v) is 7.56. The van der Waals surface area contributed by atoms with Crippen LogP contribution in [0.25, 0.3) is 0 Å². The summed E-state index contributed by atoms with van der Waals surface area (Å²) < 4.78 is 5.49. The van der Waals surface area contributed by atoms with Crippen molar-refractivity contribution in [1.82, 2.24) is 0 Å². The average molecular weight is 260 g/mol. The predicted molar refractivity (Wildman–Crippen MR) is 73.3 cm³/mol. The van der Waals surface area contributed by atoms with Gasteiger partial charge in [0, 0.05) is 0 Å². The molecule has 0 aromatic carbocycles. The third-order valence-corrected chi connectivity index (χ3v) is 6.33. The molecular weight excluding hydrogens is 236 g/mol. The van der Waals surface area contributed by atoms with E-state index in [2.05, 4.69) is 13.0 Å². The summed E-state index contributed by atoms with van der Waals surface area (Å²) in [6, 6.07) is 0. The van der Waals surface area contributed by atoms with Crippen molar-refractivity contribution in [2.24, 2.45) is 41.4 Å². The van der Waals surface area contributed by atoms with Crippen LogP contribution in [0.3, 0.4) is 0 Å². The molecule has 0 aliphatic heterocycles. The van der Waals surface area contributed by atoms with Gasteiger partial charge >= 0.3 is 5.97 Å². The van der Waals surface area contributed by atoms with Crippen LogP contribution in [0, 0.1) is 41.4 Å². The van der Waals surface area contributed by atoms with Gasteiger partial charge in [0.2, 0.25) is 0 Å². The van der Waals surface area contributed by atoms with Crippen LogP contribution >= 0.6 is 0 Å². The molecule has 4 rings (SSSR count). The van der Waals surface area contributed by atoms with Crippen LogP contribution in [-0.2, 0) is 9.53 Å². The lowest BCUT2D eigenvalue weighted by atomic mass is 9.68. The SMILES string of the molecule is CC1=CC2CC1C1C3CC(CC3C(=O)OC(C)C)C21. The van der Waals surface area contributed by atoms with Crippen molar-refractivity contribution in [3.63, 3.8) is 0 Å². The van der Waals surface area contributed by atoms with Crippen molar-refractivity contribution in [1.29, 1.82) is 0 Å². The van der Waals surface area contributed by atoms with E-state index in [9.17, 15) is 4.79 Å². The van der Waals surface area contributed by atoms with Crippen LogP contribution in [0.4, 0.5) is 0 Å². The minimum Gasteiger partial charge on any atom is -0.463 e. The Morgan fingerprint density at radius 1 is 1.26 bits per heavy atom. The fourth-order valence-corrected chi connectivity index (χ4v) is 5.98. The van der Waals surface area contributed by atoms with Gasteiger partial charge in [-0.3, -0.25) is 4.79 Å². The Balaban J connectivity index is 1.57. The molecule has 0 heterocycles. The summed E-state index contributed by atoms with van der Waals surface area (Å²) in [6.07, 6.45) is 6.34. The van der Waals surface area contributed by atoms with Gasteiger partial charge in [0.05, 0.1) is 12.0 Å². The molecule has 0 N–H and O–H groups in total. The van der Waals surface area contributed by atoms with Gasteiger partial charge in [0.1, 0.15) is 0 Å². The van der Waals surface area contributed by atoms with E-state index in [0.717, 1.165) is 36.0 Å². The van der Waals surface area contributed by atoms with Gasteiger partial charge in [-0.05, 0) is 75.5 Å². The molecule has 2 nitrogen and oxygen atoms in total. The van der Waals surface area contributed by atoms with Crippen molar-refractivity contribution in [3.05, 3.63) is 11.6 Å². The topological polar surface area (TPSA) is 26.3 Å². The lowest BCUT2D eigenvalue weighted by Gasteiger charge is -2.37. The average Bonchev–Trinajstić information content (AvgIpc) is 3.03. The lowest BCUT2D eigenvalue weighted by molar-refractivity contribution is -0.155. The van der Waals surface area contributed by atoms with Gasteiger partial charge in [0.15, 0.2) is 0 Å². The number of rotatable bonds is 2. The third kappa shape index (κ3) is 1.52. The maximum Gasteiger partial charge on any atom is 0.309 e. The summed E-state index contributed by atoms with van der Waals surface area (Å²) in [5, 5.41) is 0. The van der Waals surface area contributed by atoms with Crippen LogP contribution in [-0.4, -0.2) is 12.1 Å². The first kappa shape index (κ1) is 12.0. The predicted octanol–water partition coefficient (Wildman–Crippen LogP) is 3.42. The highest BCUT2D eigenvalue weighted by atomic mass is 16.5. The fraction of sp³-hybridized carbons (Fsp3) is 0.824. The van der Waals surface area contributed by atoms with E-state index in [4.69, 9.17) is 4.74 Å². The minimum absolute atomic E-state index is 0.0316. The summed E-state index contributed by atoms with van der Waals surface area (Å²) in [5.41, 5.74) is 1.61. The zero-order valence-corrected chi connectivity index (χ0v) is 12.1. The molecule has 19 heavy (non-hydrogen) atoms. The zero-order chi connectivity index (χ0) is 13.3. The van der Waals surface area contributed by atoms with Gasteiger partial charge < -0.3 is 4.74 Å². The van der Waals surface area contributed by atoms with Crippen LogP contribution in [0.15, 0.2) is 11.6 Å². The Hall–Kier alpha value is -0.790. The van der Waals surface area contributed by atoms with E-state index < -0.39 is 0 Å². The number of carbonyl (C=O) groups is 1. The van der Waals surface area contributed by atoms with Crippen molar-refractivity contribution < 1.29 is 9.53 Å². The monoisotopic (exact) mass is 260 g/mol. The minimum atomic E-state index is 0.0316. The van der Waals surface area contributed by atoms with E-state index in [1.54, 1.807) is 5.57 Å². The molecule has 0 aromatic rings. The maximum atomic E-state index is 12.3. The van der Waals surface area contributed by atoms with Crippen LogP contribution in [0.2, 0.25) is 0 Å². The van der Waals surface area contributed by atoms with Crippen LogP contribution < -0.4 is 0 Å². The highest BCUT2D eigenvalue weighted by Crippen LogP contribution is 2.68. The molecule has 0 saturated heterocycles. The molecule has 0 spiro atoms. The van der Waals surface area contributed by atoms with E-state index >= 15 is 0 Å². The molecule has 2 heteroatoms. The highest BCUT2D eigenvalue weighted by molar-refractivity contribution is 5.74. The summed E-state index contributed by atoms with van der Waals surface area (Å²) in [5.74, 6) is 5.07. The Labute approximate surface area is 115 Å². The lowest BCUT2D eigenvalue weighted by Crippen LogP contribution is -2.36. The molecule has 7 unspecified atom stereocenters. The van der Waals surface area contributed by atoms with Crippen LogP contribution in [0.5, 0.6) is 0 Å². The number of hydrogen-bond donors (Lipinski definition) is 0. The van der Waals surface area contributed by atoms with Crippen LogP contribution in [0.1, 0.15) is 40.0 Å². The van der Waals surface area contributed by atoms with Gasteiger partial charge in [-0.25, -0.2) is 0 Å².